The molecule has 0 saturated heterocycles. The molecule has 0 atom stereocenters. The van der Waals surface area contributed by atoms with Crippen LogP contribution in [0.2, 0.25) is 0 Å². The second kappa shape index (κ2) is 5.61. The van der Waals surface area contributed by atoms with Gasteiger partial charge in [-0.1, -0.05) is 13.8 Å². The molecule has 3 nitrogen and oxygen atoms in total. The number of hydrogen-bond acceptors (Lipinski definition) is 3. The van der Waals surface area contributed by atoms with Crippen molar-refractivity contribution < 1.29 is 18.3 Å². The monoisotopic (exact) mass is 243 g/mol. The minimum atomic E-state index is -1.19. The van der Waals surface area contributed by atoms with Gasteiger partial charge < -0.3 is 10.1 Å². The fourth-order valence-electron chi connectivity index (χ4n) is 1.27. The van der Waals surface area contributed by atoms with Crippen molar-refractivity contribution in [3.8, 4) is 0 Å². The SMILES string of the molecule is COC(=O)c1ccc(NCC(C)C)c(F)c1F. The molecule has 1 aromatic carbocycles. The van der Waals surface area contributed by atoms with E-state index >= 15 is 0 Å². The first-order chi connectivity index (χ1) is 7.97. The molecule has 0 radical (unpaired) electrons. The molecule has 0 fully saturated rings. The number of esters is 1. The van der Waals surface area contributed by atoms with Crippen molar-refractivity contribution in [2.24, 2.45) is 5.92 Å². The molecule has 0 amide bonds. The molecular weight excluding hydrogens is 228 g/mol. The molecule has 0 spiro atoms. The van der Waals surface area contributed by atoms with E-state index in [1.807, 2.05) is 13.8 Å². The summed E-state index contributed by atoms with van der Waals surface area (Å²) in [6.07, 6.45) is 0. The van der Waals surface area contributed by atoms with Crippen molar-refractivity contribution in [2.45, 2.75) is 13.8 Å². The Labute approximate surface area is 98.8 Å². The minimum absolute atomic E-state index is 0.0452. The predicted octanol–water partition coefficient (Wildman–Crippen LogP) is 2.82. The largest absolute Gasteiger partial charge is 0.465 e. The summed E-state index contributed by atoms with van der Waals surface area (Å²) in [6, 6.07) is 2.53. The quantitative estimate of drug-likeness (QED) is 0.826. The Kier molecular flexibility index (Phi) is 4.43. The minimum Gasteiger partial charge on any atom is -0.465 e. The molecule has 0 unspecified atom stereocenters. The van der Waals surface area contributed by atoms with E-state index in [1.165, 1.54) is 12.1 Å². The van der Waals surface area contributed by atoms with Crippen LogP contribution in [0, 0.1) is 17.6 Å². The summed E-state index contributed by atoms with van der Waals surface area (Å²) in [7, 11) is 1.12. The zero-order valence-electron chi connectivity index (χ0n) is 10.0. The highest BCUT2D eigenvalue weighted by atomic mass is 19.2. The third-order valence-corrected chi connectivity index (χ3v) is 2.19. The van der Waals surface area contributed by atoms with Crippen molar-refractivity contribution >= 4 is 11.7 Å². The number of halogens is 2. The smallest absolute Gasteiger partial charge is 0.340 e. The number of rotatable bonds is 4. The Bertz CT molecular complexity index is 419. The Morgan fingerprint density at radius 1 is 1.35 bits per heavy atom. The van der Waals surface area contributed by atoms with Gasteiger partial charge in [0, 0.05) is 6.54 Å². The summed E-state index contributed by atoms with van der Waals surface area (Å²) in [6.45, 7) is 4.42. The fourth-order valence-corrected chi connectivity index (χ4v) is 1.27. The zero-order valence-corrected chi connectivity index (χ0v) is 10.0. The summed E-state index contributed by atoms with van der Waals surface area (Å²) in [5.74, 6) is -2.84. The normalized spacial score (nSPS) is 10.5. The van der Waals surface area contributed by atoms with Crippen LogP contribution in [0.25, 0.3) is 0 Å². The van der Waals surface area contributed by atoms with Crippen molar-refractivity contribution in [3.63, 3.8) is 0 Å². The van der Waals surface area contributed by atoms with Gasteiger partial charge in [-0.25, -0.2) is 13.6 Å². The van der Waals surface area contributed by atoms with Crippen LogP contribution >= 0.6 is 0 Å². The molecule has 0 heterocycles. The molecule has 1 aromatic rings. The molecule has 0 bridgehead atoms. The van der Waals surface area contributed by atoms with Crippen LogP contribution in [0.15, 0.2) is 12.1 Å². The molecule has 94 valence electrons. The number of nitrogens with one attached hydrogen (secondary N) is 1. The first-order valence-electron chi connectivity index (χ1n) is 5.27. The Morgan fingerprint density at radius 3 is 2.53 bits per heavy atom. The van der Waals surface area contributed by atoms with Gasteiger partial charge in [0.05, 0.1) is 18.4 Å². The highest BCUT2D eigenvalue weighted by Gasteiger charge is 2.18. The molecule has 0 saturated carbocycles. The number of methoxy groups -OCH3 is 1. The molecule has 0 aliphatic heterocycles. The van der Waals surface area contributed by atoms with Crippen molar-refractivity contribution in [2.75, 3.05) is 19.0 Å². The Hall–Kier alpha value is -1.65. The lowest BCUT2D eigenvalue weighted by molar-refractivity contribution is 0.0594. The van der Waals surface area contributed by atoms with Crippen LogP contribution in [0.3, 0.4) is 0 Å². The standard InChI is InChI=1S/C12H15F2NO2/c1-7(2)6-15-9-5-4-8(12(16)17-3)10(13)11(9)14/h4-5,7,15H,6H2,1-3H3. The maximum Gasteiger partial charge on any atom is 0.340 e. The van der Waals surface area contributed by atoms with E-state index in [0.717, 1.165) is 7.11 Å². The van der Waals surface area contributed by atoms with Crippen molar-refractivity contribution in [1.29, 1.82) is 0 Å². The van der Waals surface area contributed by atoms with Gasteiger partial charge >= 0.3 is 5.97 Å². The van der Waals surface area contributed by atoms with E-state index in [1.54, 1.807) is 0 Å². The van der Waals surface area contributed by atoms with Gasteiger partial charge in [-0.15, -0.1) is 0 Å². The van der Waals surface area contributed by atoms with E-state index in [4.69, 9.17) is 0 Å². The van der Waals surface area contributed by atoms with Gasteiger partial charge in [0.15, 0.2) is 11.6 Å². The second-order valence-electron chi connectivity index (χ2n) is 4.05. The number of carbonyl (C=O) groups is 1. The predicted molar refractivity (Wildman–Crippen MR) is 61.0 cm³/mol. The summed E-state index contributed by atoms with van der Waals surface area (Å²) in [5, 5.41) is 2.77. The van der Waals surface area contributed by atoms with Gasteiger partial charge in [0.25, 0.3) is 0 Å². The average molecular weight is 243 g/mol. The number of anilines is 1. The van der Waals surface area contributed by atoms with E-state index in [-0.39, 0.29) is 5.69 Å². The lowest BCUT2D eigenvalue weighted by Crippen LogP contribution is -2.12. The molecular formula is C12H15F2NO2. The van der Waals surface area contributed by atoms with Crippen LogP contribution in [0.4, 0.5) is 14.5 Å². The molecule has 0 aliphatic carbocycles. The van der Waals surface area contributed by atoms with E-state index < -0.39 is 23.2 Å². The van der Waals surface area contributed by atoms with Gasteiger partial charge in [0.1, 0.15) is 0 Å². The topological polar surface area (TPSA) is 38.3 Å². The molecule has 0 aromatic heterocycles. The molecule has 1 N–H and O–H groups in total. The van der Waals surface area contributed by atoms with Crippen molar-refractivity contribution in [1.82, 2.24) is 0 Å². The van der Waals surface area contributed by atoms with E-state index in [2.05, 4.69) is 10.1 Å². The first-order valence-corrected chi connectivity index (χ1v) is 5.27. The Morgan fingerprint density at radius 2 is 2.00 bits per heavy atom. The number of carbonyl (C=O) groups excluding carboxylic acids is 1. The molecule has 1 rings (SSSR count). The summed E-state index contributed by atoms with van der Waals surface area (Å²) in [5.41, 5.74) is -0.357. The highest BCUT2D eigenvalue weighted by Crippen LogP contribution is 2.21. The highest BCUT2D eigenvalue weighted by molar-refractivity contribution is 5.90. The van der Waals surface area contributed by atoms with Crippen LogP contribution < -0.4 is 5.32 Å². The average Bonchev–Trinajstić information content (AvgIpc) is 2.30. The molecule has 17 heavy (non-hydrogen) atoms. The number of hydrogen-bond donors (Lipinski definition) is 1. The number of ether oxygens (including phenoxy) is 1. The van der Waals surface area contributed by atoms with E-state index in [9.17, 15) is 13.6 Å². The first kappa shape index (κ1) is 13.4. The van der Waals surface area contributed by atoms with Crippen LogP contribution in [-0.4, -0.2) is 19.6 Å². The molecule has 5 heteroatoms. The maximum atomic E-state index is 13.6. The summed E-state index contributed by atoms with van der Waals surface area (Å²) >= 11 is 0. The van der Waals surface area contributed by atoms with Gasteiger partial charge in [-0.3, -0.25) is 0 Å². The van der Waals surface area contributed by atoms with Crippen LogP contribution in [0.1, 0.15) is 24.2 Å². The van der Waals surface area contributed by atoms with Crippen LogP contribution in [0.5, 0.6) is 0 Å². The van der Waals surface area contributed by atoms with Gasteiger partial charge in [0.2, 0.25) is 0 Å². The summed E-state index contributed by atoms with van der Waals surface area (Å²) < 4.78 is 31.4. The van der Waals surface area contributed by atoms with Gasteiger partial charge in [-0.05, 0) is 18.1 Å². The van der Waals surface area contributed by atoms with Crippen molar-refractivity contribution in [3.05, 3.63) is 29.3 Å². The molecule has 0 aliphatic rings. The van der Waals surface area contributed by atoms with E-state index in [0.29, 0.717) is 12.5 Å². The Balaban J connectivity index is 2.98. The lowest BCUT2D eigenvalue weighted by atomic mass is 10.1. The third-order valence-electron chi connectivity index (χ3n) is 2.19. The second-order valence-corrected chi connectivity index (χ2v) is 4.05. The van der Waals surface area contributed by atoms with Crippen LogP contribution in [-0.2, 0) is 4.74 Å². The maximum absolute atomic E-state index is 13.6. The third kappa shape index (κ3) is 3.15. The van der Waals surface area contributed by atoms with Gasteiger partial charge in [-0.2, -0.15) is 0 Å². The zero-order chi connectivity index (χ0) is 13.0. The lowest BCUT2D eigenvalue weighted by Gasteiger charge is -2.11. The fraction of sp³-hybridized carbons (Fsp3) is 0.417. The number of benzene rings is 1. The summed E-state index contributed by atoms with van der Waals surface area (Å²) in [4.78, 5) is 11.1.